The first-order valence-corrected chi connectivity index (χ1v) is 9.06. The lowest BCUT2D eigenvalue weighted by molar-refractivity contribution is 0.0887. The van der Waals surface area contributed by atoms with E-state index < -0.39 is 10.0 Å². The summed E-state index contributed by atoms with van der Waals surface area (Å²) in [5.41, 5.74) is 0. The molecule has 106 valence electrons. The summed E-state index contributed by atoms with van der Waals surface area (Å²) in [7, 11) is -3.22. The van der Waals surface area contributed by atoms with Crippen molar-refractivity contribution >= 4 is 27.1 Å². The summed E-state index contributed by atoms with van der Waals surface area (Å²) < 4.78 is 24.8. The van der Waals surface area contributed by atoms with Crippen LogP contribution in [0.5, 0.6) is 0 Å². The van der Waals surface area contributed by atoms with Crippen LogP contribution in [0.2, 0.25) is 0 Å². The van der Waals surface area contributed by atoms with Crippen LogP contribution in [0.1, 0.15) is 23.5 Å². The predicted molar refractivity (Wildman–Crippen MR) is 76.9 cm³/mol. The standard InChI is InChI=1S/C13H19NO3S2/c1-9(2)10-7-14(19(3,16)17)8-11(10)13(15)12-5-4-6-18-12/h4-6,9-11H,7-8H2,1-3H3/t10-,11?/m1/s1. The fraction of sp³-hybridized carbons (Fsp3) is 0.615. The van der Waals surface area contributed by atoms with Gasteiger partial charge in [0.05, 0.1) is 11.1 Å². The van der Waals surface area contributed by atoms with Crippen molar-refractivity contribution in [2.75, 3.05) is 19.3 Å². The molecule has 4 nitrogen and oxygen atoms in total. The Balaban J connectivity index is 2.25. The molecular formula is C13H19NO3S2. The quantitative estimate of drug-likeness (QED) is 0.800. The lowest BCUT2D eigenvalue weighted by Crippen LogP contribution is -2.28. The fourth-order valence-electron chi connectivity index (χ4n) is 2.62. The lowest BCUT2D eigenvalue weighted by atomic mass is 9.83. The number of thiophene rings is 1. The Hall–Kier alpha value is -0.720. The van der Waals surface area contributed by atoms with Gasteiger partial charge in [-0.2, -0.15) is 0 Å². The third-order valence-corrected chi connectivity index (χ3v) is 5.88. The SMILES string of the molecule is CC(C)[C@H]1CN(S(C)(=O)=O)CC1C(=O)c1cccs1. The Morgan fingerprint density at radius 3 is 2.58 bits per heavy atom. The van der Waals surface area contributed by atoms with Gasteiger partial charge in [-0.25, -0.2) is 12.7 Å². The molecule has 1 saturated heterocycles. The zero-order valence-electron chi connectivity index (χ0n) is 11.4. The summed E-state index contributed by atoms with van der Waals surface area (Å²) in [6.07, 6.45) is 1.21. The molecule has 1 unspecified atom stereocenters. The molecule has 0 N–H and O–H groups in total. The maximum absolute atomic E-state index is 12.5. The Morgan fingerprint density at radius 1 is 1.42 bits per heavy atom. The number of carbonyl (C=O) groups is 1. The van der Waals surface area contributed by atoms with Crippen molar-refractivity contribution in [3.05, 3.63) is 22.4 Å². The number of hydrogen-bond donors (Lipinski definition) is 0. The summed E-state index contributed by atoms with van der Waals surface area (Å²) in [6, 6.07) is 3.67. The molecule has 0 aliphatic carbocycles. The molecule has 0 amide bonds. The highest BCUT2D eigenvalue weighted by molar-refractivity contribution is 7.88. The second-order valence-corrected chi connectivity index (χ2v) is 8.37. The Labute approximate surface area is 118 Å². The van der Waals surface area contributed by atoms with Crippen molar-refractivity contribution in [1.29, 1.82) is 0 Å². The van der Waals surface area contributed by atoms with Gasteiger partial charge in [0.1, 0.15) is 0 Å². The van der Waals surface area contributed by atoms with Crippen LogP contribution in [0.3, 0.4) is 0 Å². The molecule has 0 radical (unpaired) electrons. The van der Waals surface area contributed by atoms with Crippen LogP contribution in [0.4, 0.5) is 0 Å². The van der Waals surface area contributed by atoms with E-state index in [1.807, 2.05) is 31.4 Å². The number of Topliss-reactive ketones (excluding diaryl/α,β-unsaturated/α-hetero) is 1. The fourth-order valence-corrected chi connectivity index (χ4v) is 4.22. The van der Waals surface area contributed by atoms with Gasteiger partial charge in [0.15, 0.2) is 5.78 Å². The van der Waals surface area contributed by atoms with Crippen molar-refractivity contribution in [1.82, 2.24) is 4.31 Å². The van der Waals surface area contributed by atoms with E-state index in [9.17, 15) is 13.2 Å². The second kappa shape index (κ2) is 5.34. The molecule has 1 fully saturated rings. The molecule has 0 aromatic carbocycles. The van der Waals surface area contributed by atoms with Gasteiger partial charge >= 0.3 is 0 Å². The van der Waals surface area contributed by atoms with Gasteiger partial charge in [0.2, 0.25) is 10.0 Å². The Bertz CT molecular complexity index is 548. The molecule has 0 spiro atoms. The minimum Gasteiger partial charge on any atom is -0.293 e. The van der Waals surface area contributed by atoms with E-state index >= 15 is 0 Å². The summed E-state index contributed by atoms with van der Waals surface area (Å²) in [6.45, 7) is 4.87. The van der Waals surface area contributed by atoms with Gasteiger partial charge in [-0.05, 0) is 23.3 Å². The Morgan fingerprint density at radius 2 is 2.11 bits per heavy atom. The third kappa shape index (κ3) is 3.07. The van der Waals surface area contributed by atoms with Crippen LogP contribution in [-0.2, 0) is 10.0 Å². The Kier molecular flexibility index (Phi) is 4.13. The van der Waals surface area contributed by atoms with Crippen LogP contribution in [0.25, 0.3) is 0 Å². The summed E-state index contributed by atoms with van der Waals surface area (Å²) in [5, 5.41) is 1.88. The molecule has 1 aliphatic heterocycles. The largest absolute Gasteiger partial charge is 0.293 e. The van der Waals surface area contributed by atoms with E-state index in [0.717, 1.165) is 4.88 Å². The van der Waals surface area contributed by atoms with Crippen LogP contribution < -0.4 is 0 Å². The first-order chi connectivity index (χ1) is 8.80. The first-order valence-electron chi connectivity index (χ1n) is 6.33. The number of ketones is 1. The molecule has 2 atom stereocenters. The van der Waals surface area contributed by atoms with E-state index in [1.165, 1.54) is 21.9 Å². The van der Waals surface area contributed by atoms with Gasteiger partial charge in [0, 0.05) is 19.0 Å². The van der Waals surface area contributed by atoms with Crippen molar-refractivity contribution in [3.8, 4) is 0 Å². The van der Waals surface area contributed by atoms with E-state index in [4.69, 9.17) is 0 Å². The van der Waals surface area contributed by atoms with Crippen LogP contribution in [0.15, 0.2) is 17.5 Å². The van der Waals surface area contributed by atoms with Gasteiger partial charge in [0.25, 0.3) is 0 Å². The normalized spacial score (nSPS) is 25.1. The van der Waals surface area contributed by atoms with Crippen LogP contribution in [-0.4, -0.2) is 37.9 Å². The average molecular weight is 301 g/mol. The van der Waals surface area contributed by atoms with Gasteiger partial charge < -0.3 is 0 Å². The lowest BCUT2D eigenvalue weighted by Gasteiger charge is -2.20. The summed E-state index contributed by atoms with van der Waals surface area (Å²) in [5.74, 6) is 0.262. The second-order valence-electron chi connectivity index (χ2n) is 5.44. The molecule has 2 heterocycles. The number of hydrogen-bond acceptors (Lipinski definition) is 4. The molecule has 0 saturated carbocycles. The van der Waals surface area contributed by atoms with Gasteiger partial charge in [-0.15, -0.1) is 11.3 Å². The van der Waals surface area contributed by atoms with Gasteiger partial charge in [-0.1, -0.05) is 19.9 Å². The van der Waals surface area contributed by atoms with E-state index in [0.29, 0.717) is 19.0 Å². The monoisotopic (exact) mass is 301 g/mol. The van der Waals surface area contributed by atoms with E-state index in [1.54, 1.807) is 0 Å². The zero-order valence-corrected chi connectivity index (χ0v) is 13.0. The average Bonchev–Trinajstić information content (AvgIpc) is 2.96. The highest BCUT2D eigenvalue weighted by Crippen LogP contribution is 2.34. The molecule has 1 aromatic rings. The number of carbonyl (C=O) groups excluding carboxylic acids is 1. The highest BCUT2D eigenvalue weighted by atomic mass is 32.2. The number of sulfonamides is 1. The minimum absolute atomic E-state index is 0.0832. The maximum atomic E-state index is 12.5. The molecule has 1 aromatic heterocycles. The molecular weight excluding hydrogens is 282 g/mol. The maximum Gasteiger partial charge on any atom is 0.211 e. The van der Waals surface area contributed by atoms with Crippen molar-refractivity contribution in [2.24, 2.45) is 17.8 Å². The van der Waals surface area contributed by atoms with E-state index in [2.05, 4.69) is 0 Å². The molecule has 19 heavy (non-hydrogen) atoms. The number of nitrogens with zero attached hydrogens (tertiary/aromatic N) is 1. The van der Waals surface area contributed by atoms with E-state index in [-0.39, 0.29) is 17.6 Å². The number of rotatable bonds is 4. The molecule has 6 heteroatoms. The first kappa shape index (κ1) is 14.7. The smallest absolute Gasteiger partial charge is 0.211 e. The zero-order chi connectivity index (χ0) is 14.2. The minimum atomic E-state index is -3.22. The van der Waals surface area contributed by atoms with Crippen molar-refractivity contribution in [3.63, 3.8) is 0 Å². The summed E-state index contributed by atoms with van der Waals surface area (Å²) >= 11 is 1.42. The molecule has 2 rings (SSSR count). The topological polar surface area (TPSA) is 54.5 Å². The predicted octanol–water partition coefficient (Wildman–Crippen LogP) is 2.09. The summed E-state index contributed by atoms with van der Waals surface area (Å²) in [4.78, 5) is 13.2. The molecule has 0 bridgehead atoms. The van der Waals surface area contributed by atoms with Crippen LogP contribution >= 0.6 is 11.3 Å². The molecule has 1 aliphatic rings. The van der Waals surface area contributed by atoms with Crippen LogP contribution in [0, 0.1) is 17.8 Å². The highest BCUT2D eigenvalue weighted by Gasteiger charge is 2.42. The van der Waals surface area contributed by atoms with Crippen molar-refractivity contribution in [2.45, 2.75) is 13.8 Å². The van der Waals surface area contributed by atoms with Crippen molar-refractivity contribution < 1.29 is 13.2 Å². The van der Waals surface area contributed by atoms with Gasteiger partial charge in [-0.3, -0.25) is 4.79 Å². The third-order valence-electron chi connectivity index (χ3n) is 3.76.